The average Bonchev–Trinajstić information content (AvgIpc) is 3.29. The third-order valence-electron chi connectivity index (χ3n) is 4.28. The van der Waals surface area contributed by atoms with Crippen molar-refractivity contribution in [2.75, 3.05) is 25.1 Å². The molecule has 0 unspecified atom stereocenters. The van der Waals surface area contributed by atoms with E-state index in [-0.39, 0.29) is 30.2 Å². The molecule has 7 heteroatoms. The quantitative estimate of drug-likeness (QED) is 0.592. The number of nitrogens with zero attached hydrogens (tertiary/aromatic N) is 1. The van der Waals surface area contributed by atoms with E-state index in [1.807, 2.05) is 62.5 Å². The van der Waals surface area contributed by atoms with E-state index >= 15 is 0 Å². The predicted molar refractivity (Wildman–Crippen MR) is 115 cm³/mol. The van der Waals surface area contributed by atoms with Crippen LogP contribution in [0.2, 0.25) is 0 Å². The number of hydrogen-bond acceptors (Lipinski definition) is 6. The SMILES string of the molecule is CCCOc1cccc(NC2=C(c3cccs3)C(=O)N(CCOC(C)C)C2=O)c1. The summed E-state index contributed by atoms with van der Waals surface area (Å²) in [6, 6.07) is 11.1. The number of imide groups is 1. The third-order valence-corrected chi connectivity index (χ3v) is 5.17. The first-order chi connectivity index (χ1) is 14.0. The zero-order valence-electron chi connectivity index (χ0n) is 16.9. The molecule has 0 fully saturated rings. The second-order valence-corrected chi connectivity index (χ2v) is 7.86. The molecule has 2 amide bonds. The van der Waals surface area contributed by atoms with Crippen LogP contribution in [-0.4, -0.2) is 42.6 Å². The molecule has 0 radical (unpaired) electrons. The van der Waals surface area contributed by atoms with Crippen molar-refractivity contribution in [3.8, 4) is 5.75 Å². The van der Waals surface area contributed by atoms with Crippen LogP contribution in [0, 0.1) is 0 Å². The van der Waals surface area contributed by atoms with Crippen molar-refractivity contribution in [3.63, 3.8) is 0 Å². The fourth-order valence-electron chi connectivity index (χ4n) is 2.95. The number of rotatable bonds is 10. The van der Waals surface area contributed by atoms with Crippen molar-refractivity contribution in [1.29, 1.82) is 0 Å². The molecule has 1 aliphatic heterocycles. The summed E-state index contributed by atoms with van der Waals surface area (Å²) in [6.07, 6.45) is 0.946. The van der Waals surface area contributed by atoms with Gasteiger partial charge in [-0.3, -0.25) is 14.5 Å². The number of amides is 2. The van der Waals surface area contributed by atoms with Crippen molar-refractivity contribution >= 4 is 34.4 Å². The minimum Gasteiger partial charge on any atom is -0.494 e. The lowest BCUT2D eigenvalue weighted by atomic mass is 10.2. The molecule has 0 spiro atoms. The fraction of sp³-hybridized carbons (Fsp3) is 0.364. The van der Waals surface area contributed by atoms with Crippen molar-refractivity contribution in [2.45, 2.75) is 33.3 Å². The van der Waals surface area contributed by atoms with Crippen LogP contribution in [0.5, 0.6) is 5.75 Å². The standard InChI is InChI=1S/C22H26N2O4S/c1-4-11-28-17-8-5-7-16(14-17)23-20-19(18-9-6-13-29-18)21(25)24(22(20)26)10-12-27-15(2)3/h5-9,13-15,23H,4,10-12H2,1-3H3. The molecule has 1 aromatic heterocycles. The zero-order chi connectivity index (χ0) is 20.8. The molecule has 3 rings (SSSR count). The Morgan fingerprint density at radius 1 is 1.10 bits per heavy atom. The van der Waals surface area contributed by atoms with Crippen LogP contribution in [0.3, 0.4) is 0 Å². The fourth-order valence-corrected chi connectivity index (χ4v) is 3.72. The van der Waals surface area contributed by atoms with Gasteiger partial charge >= 0.3 is 0 Å². The summed E-state index contributed by atoms with van der Waals surface area (Å²) in [4.78, 5) is 28.1. The number of carbonyl (C=O) groups excluding carboxylic acids is 2. The van der Waals surface area contributed by atoms with Gasteiger partial charge in [-0.2, -0.15) is 0 Å². The Kier molecular flexibility index (Phi) is 7.06. The van der Waals surface area contributed by atoms with Crippen molar-refractivity contribution < 1.29 is 19.1 Å². The highest BCUT2D eigenvalue weighted by atomic mass is 32.1. The largest absolute Gasteiger partial charge is 0.494 e. The van der Waals surface area contributed by atoms with Crippen LogP contribution < -0.4 is 10.1 Å². The number of thiophene rings is 1. The summed E-state index contributed by atoms with van der Waals surface area (Å²) in [5, 5.41) is 5.05. The van der Waals surface area contributed by atoms with Crippen LogP contribution >= 0.6 is 11.3 Å². The maximum atomic E-state index is 13.1. The molecule has 1 aliphatic rings. The van der Waals surface area contributed by atoms with Gasteiger partial charge in [0.15, 0.2) is 0 Å². The maximum Gasteiger partial charge on any atom is 0.278 e. The minimum atomic E-state index is -0.342. The van der Waals surface area contributed by atoms with E-state index in [1.165, 1.54) is 16.2 Å². The van der Waals surface area contributed by atoms with Gasteiger partial charge in [-0.25, -0.2) is 0 Å². The first-order valence-electron chi connectivity index (χ1n) is 9.77. The zero-order valence-corrected chi connectivity index (χ0v) is 17.8. The number of ether oxygens (including phenoxy) is 2. The lowest BCUT2D eigenvalue weighted by Crippen LogP contribution is -2.35. The Morgan fingerprint density at radius 3 is 2.62 bits per heavy atom. The van der Waals surface area contributed by atoms with Gasteiger partial charge in [0.1, 0.15) is 11.4 Å². The Morgan fingerprint density at radius 2 is 1.93 bits per heavy atom. The van der Waals surface area contributed by atoms with E-state index in [4.69, 9.17) is 9.47 Å². The molecule has 0 atom stereocenters. The first-order valence-corrected chi connectivity index (χ1v) is 10.6. The summed E-state index contributed by atoms with van der Waals surface area (Å²) in [5.41, 5.74) is 1.38. The average molecular weight is 415 g/mol. The molecule has 2 heterocycles. The summed E-state index contributed by atoms with van der Waals surface area (Å²) in [7, 11) is 0. The van der Waals surface area contributed by atoms with Gasteiger partial charge in [0, 0.05) is 16.6 Å². The summed E-state index contributed by atoms with van der Waals surface area (Å²) >= 11 is 1.43. The molecule has 1 aromatic carbocycles. The summed E-state index contributed by atoms with van der Waals surface area (Å²) in [5.74, 6) is 0.0745. The number of benzene rings is 1. The van der Waals surface area contributed by atoms with Gasteiger partial charge in [-0.15, -0.1) is 11.3 Å². The molecule has 1 N–H and O–H groups in total. The molecule has 6 nitrogen and oxygen atoms in total. The lowest BCUT2D eigenvalue weighted by molar-refractivity contribution is -0.137. The molecule has 2 aromatic rings. The molecule has 0 aliphatic carbocycles. The lowest BCUT2D eigenvalue weighted by Gasteiger charge is -2.16. The summed E-state index contributed by atoms with van der Waals surface area (Å²) in [6.45, 7) is 7.03. The van der Waals surface area contributed by atoms with E-state index in [0.29, 0.717) is 30.2 Å². The number of nitrogens with one attached hydrogen (secondary N) is 1. The van der Waals surface area contributed by atoms with Crippen LogP contribution in [0.1, 0.15) is 32.1 Å². The van der Waals surface area contributed by atoms with Gasteiger partial charge in [0.05, 0.1) is 31.4 Å². The van der Waals surface area contributed by atoms with E-state index in [9.17, 15) is 9.59 Å². The second-order valence-electron chi connectivity index (χ2n) is 6.91. The predicted octanol–water partition coefficient (Wildman–Crippen LogP) is 4.15. The minimum absolute atomic E-state index is 0.0380. The number of anilines is 1. The van der Waals surface area contributed by atoms with E-state index in [1.54, 1.807) is 0 Å². The first kappa shape index (κ1) is 21.1. The number of carbonyl (C=O) groups is 2. The van der Waals surface area contributed by atoms with Crippen LogP contribution in [0.15, 0.2) is 47.5 Å². The van der Waals surface area contributed by atoms with E-state index < -0.39 is 0 Å². The van der Waals surface area contributed by atoms with Crippen molar-refractivity contribution in [3.05, 3.63) is 52.4 Å². The van der Waals surface area contributed by atoms with Gasteiger partial charge < -0.3 is 14.8 Å². The topological polar surface area (TPSA) is 67.9 Å². The van der Waals surface area contributed by atoms with E-state index in [0.717, 1.165) is 11.3 Å². The van der Waals surface area contributed by atoms with Crippen molar-refractivity contribution in [1.82, 2.24) is 4.90 Å². The highest BCUT2D eigenvalue weighted by Gasteiger charge is 2.39. The molecular weight excluding hydrogens is 388 g/mol. The smallest absolute Gasteiger partial charge is 0.278 e. The number of hydrogen-bond donors (Lipinski definition) is 1. The monoisotopic (exact) mass is 414 g/mol. The van der Waals surface area contributed by atoms with Gasteiger partial charge in [-0.1, -0.05) is 19.1 Å². The highest BCUT2D eigenvalue weighted by Crippen LogP contribution is 2.33. The molecule has 0 saturated carbocycles. The Labute approximate surface area is 175 Å². The van der Waals surface area contributed by atoms with E-state index in [2.05, 4.69) is 5.32 Å². The van der Waals surface area contributed by atoms with Crippen LogP contribution in [0.4, 0.5) is 5.69 Å². The third kappa shape index (κ3) is 5.05. The Hall–Kier alpha value is -2.64. The molecule has 29 heavy (non-hydrogen) atoms. The molecule has 0 saturated heterocycles. The van der Waals surface area contributed by atoms with Crippen LogP contribution in [-0.2, 0) is 14.3 Å². The van der Waals surface area contributed by atoms with Crippen LogP contribution in [0.25, 0.3) is 5.57 Å². The van der Waals surface area contributed by atoms with Gasteiger partial charge in [-0.05, 0) is 43.8 Å². The Bertz CT molecular complexity index is 890. The maximum absolute atomic E-state index is 13.1. The van der Waals surface area contributed by atoms with Gasteiger partial charge in [0.2, 0.25) is 0 Å². The summed E-state index contributed by atoms with van der Waals surface area (Å²) < 4.78 is 11.2. The second kappa shape index (κ2) is 9.71. The molecule has 0 bridgehead atoms. The highest BCUT2D eigenvalue weighted by molar-refractivity contribution is 7.11. The van der Waals surface area contributed by atoms with Crippen molar-refractivity contribution in [2.24, 2.45) is 0 Å². The van der Waals surface area contributed by atoms with Gasteiger partial charge in [0.25, 0.3) is 11.8 Å². The molecular formula is C22H26N2O4S. The molecule has 154 valence electrons. The Balaban J connectivity index is 1.86. The normalized spacial score (nSPS) is 14.3.